The lowest BCUT2D eigenvalue weighted by molar-refractivity contribution is 1.23. The zero-order valence-electron chi connectivity index (χ0n) is 9.33. The number of nitrogens with two attached hydrogens (primary N) is 1. The number of rotatable bonds is 0. The molecule has 0 aliphatic rings. The number of benzene rings is 1. The predicted molar refractivity (Wildman–Crippen MR) is 67.5 cm³/mol. The van der Waals surface area contributed by atoms with Crippen LogP contribution in [-0.2, 0) is 0 Å². The van der Waals surface area contributed by atoms with Gasteiger partial charge in [-0.2, -0.15) is 0 Å². The predicted octanol–water partition coefficient (Wildman–Crippen LogP) is 2.92. The molecular weight excluding hydrogens is 198 g/mol. The summed E-state index contributed by atoms with van der Waals surface area (Å²) in [7, 11) is 0. The largest absolute Gasteiger partial charge is 0.384 e. The van der Waals surface area contributed by atoms with E-state index in [1.54, 1.807) is 0 Å². The zero-order valence-corrected chi connectivity index (χ0v) is 9.33. The summed E-state index contributed by atoms with van der Waals surface area (Å²) in [6, 6.07) is 8.31. The molecule has 2 heterocycles. The molecule has 3 heteroatoms. The third kappa shape index (κ3) is 1.18. The fourth-order valence-corrected chi connectivity index (χ4v) is 2.20. The Morgan fingerprint density at radius 3 is 2.75 bits per heavy atom. The van der Waals surface area contributed by atoms with Crippen LogP contribution in [0.2, 0.25) is 0 Å². The van der Waals surface area contributed by atoms with Crippen LogP contribution in [0.15, 0.2) is 24.3 Å². The summed E-state index contributed by atoms with van der Waals surface area (Å²) in [4.78, 5) is 7.66. The maximum absolute atomic E-state index is 5.78. The van der Waals surface area contributed by atoms with E-state index in [1.807, 2.05) is 13.0 Å². The molecule has 3 N–H and O–H groups in total. The summed E-state index contributed by atoms with van der Waals surface area (Å²) < 4.78 is 0. The number of hydrogen-bond donors (Lipinski definition) is 2. The lowest BCUT2D eigenvalue weighted by Crippen LogP contribution is -1.92. The van der Waals surface area contributed by atoms with E-state index in [4.69, 9.17) is 5.73 Å². The Hall–Kier alpha value is -2.03. The van der Waals surface area contributed by atoms with Gasteiger partial charge in [-0.15, -0.1) is 0 Å². The fraction of sp³-hybridized carbons (Fsp3) is 0.154. The summed E-state index contributed by atoms with van der Waals surface area (Å²) >= 11 is 0. The van der Waals surface area contributed by atoms with Gasteiger partial charge in [0.1, 0.15) is 5.82 Å². The van der Waals surface area contributed by atoms with Crippen LogP contribution >= 0.6 is 0 Å². The van der Waals surface area contributed by atoms with Crippen molar-refractivity contribution in [1.29, 1.82) is 0 Å². The SMILES string of the molecule is Cc1ccc2c(c1)[nH]c1c(C)nc(N)cc12. The van der Waals surface area contributed by atoms with E-state index in [1.165, 1.54) is 10.9 Å². The van der Waals surface area contributed by atoms with E-state index < -0.39 is 0 Å². The summed E-state index contributed by atoms with van der Waals surface area (Å²) in [5, 5.41) is 2.36. The number of aryl methyl sites for hydroxylation is 2. The van der Waals surface area contributed by atoms with Gasteiger partial charge in [-0.05, 0) is 31.5 Å². The van der Waals surface area contributed by atoms with Crippen LogP contribution in [-0.4, -0.2) is 9.97 Å². The van der Waals surface area contributed by atoms with E-state index in [9.17, 15) is 0 Å². The molecule has 0 saturated heterocycles. The Kier molecular flexibility index (Phi) is 1.72. The number of nitrogens with one attached hydrogen (secondary N) is 1. The highest BCUT2D eigenvalue weighted by Crippen LogP contribution is 2.28. The third-order valence-electron chi connectivity index (χ3n) is 2.95. The van der Waals surface area contributed by atoms with Crippen molar-refractivity contribution in [2.75, 3.05) is 5.73 Å². The Labute approximate surface area is 93.3 Å². The molecule has 3 rings (SSSR count). The van der Waals surface area contributed by atoms with Crippen molar-refractivity contribution in [2.45, 2.75) is 13.8 Å². The average Bonchev–Trinajstić information content (AvgIpc) is 2.56. The molecule has 0 aliphatic carbocycles. The molecule has 0 unspecified atom stereocenters. The minimum atomic E-state index is 0.575. The lowest BCUT2D eigenvalue weighted by Gasteiger charge is -1.97. The molecule has 16 heavy (non-hydrogen) atoms. The first kappa shape index (κ1) is 9.21. The van der Waals surface area contributed by atoms with E-state index in [0.717, 1.165) is 22.1 Å². The van der Waals surface area contributed by atoms with Crippen molar-refractivity contribution in [3.63, 3.8) is 0 Å². The molecule has 0 fully saturated rings. The number of pyridine rings is 1. The fourth-order valence-electron chi connectivity index (χ4n) is 2.20. The molecule has 3 nitrogen and oxygen atoms in total. The number of hydrogen-bond acceptors (Lipinski definition) is 2. The Morgan fingerprint density at radius 2 is 1.94 bits per heavy atom. The van der Waals surface area contributed by atoms with Crippen LogP contribution in [0.25, 0.3) is 21.8 Å². The molecule has 0 radical (unpaired) electrons. The van der Waals surface area contributed by atoms with Gasteiger partial charge in [-0.1, -0.05) is 12.1 Å². The lowest BCUT2D eigenvalue weighted by atomic mass is 10.1. The van der Waals surface area contributed by atoms with Crippen molar-refractivity contribution in [3.8, 4) is 0 Å². The van der Waals surface area contributed by atoms with E-state index >= 15 is 0 Å². The van der Waals surface area contributed by atoms with Crippen LogP contribution in [0.3, 0.4) is 0 Å². The molecule has 80 valence electrons. The van der Waals surface area contributed by atoms with Crippen molar-refractivity contribution in [2.24, 2.45) is 0 Å². The van der Waals surface area contributed by atoms with Crippen molar-refractivity contribution in [1.82, 2.24) is 9.97 Å². The Balaban J connectivity index is 2.55. The van der Waals surface area contributed by atoms with Gasteiger partial charge in [-0.3, -0.25) is 0 Å². The van der Waals surface area contributed by atoms with Crippen molar-refractivity contribution in [3.05, 3.63) is 35.5 Å². The number of anilines is 1. The number of nitrogen functional groups attached to an aromatic ring is 1. The van der Waals surface area contributed by atoms with Crippen LogP contribution in [0, 0.1) is 13.8 Å². The van der Waals surface area contributed by atoms with E-state index in [2.05, 4.69) is 35.1 Å². The standard InChI is InChI=1S/C13H13N3/c1-7-3-4-9-10-6-12(14)15-8(2)13(10)16-11(9)5-7/h3-6,16H,1-2H3,(H2,14,15). The summed E-state index contributed by atoms with van der Waals surface area (Å²) in [5.74, 6) is 0.575. The first-order valence-corrected chi connectivity index (χ1v) is 5.30. The van der Waals surface area contributed by atoms with E-state index in [0.29, 0.717) is 5.82 Å². The second-order valence-corrected chi connectivity index (χ2v) is 4.23. The van der Waals surface area contributed by atoms with Crippen LogP contribution in [0.5, 0.6) is 0 Å². The highest BCUT2D eigenvalue weighted by atomic mass is 14.9. The highest BCUT2D eigenvalue weighted by molar-refractivity contribution is 6.08. The summed E-state index contributed by atoms with van der Waals surface area (Å²) in [5.41, 5.74) is 10.2. The Morgan fingerprint density at radius 1 is 1.12 bits per heavy atom. The van der Waals surface area contributed by atoms with Gasteiger partial charge >= 0.3 is 0 Å². The van der Waals surface area contributed by atoms with Gasteiger partial charge in [0.15, 0.2) is 0 Å². The number of aromatic nitrogens is 2. The maximum Gasteiger partial charge on any atom is 0.124 e. The molecule has 3 aromatic rings. The number of H-pyrrole nitrogens is 1. The van der Waals surface area contributed by atoms with E-state index in [-0.39, 0.29) is 0 Å². The number of nitrogens with zero attached hydrogens (tertiary/aromatic N) is 1. The molecule has 0 bridgehead atoms. The first-order chi connectivity index (χ1) is 7.65. The molecule has 1 aromatic carbocycles. The topological polar surface area (TPSA) is 54.7 Å². The maximum atomic E-state index is 5.78. The van der Waals surface area contributed by atoms with Gasteiger partial charge in [0.25, 0.3) is 0 Å². The van der Waals surface area contributed by atoms with Crippen LogP contribution < -0.4 is 5.73 Å². The van der Waals surface area contributed by atoms with Crippen molar-refractivity contribution >= 4 is 27.6 Å². The van der Waals surface area contributed by atoms with Crippen molar-refractivity contribution < 1.29 is 0 Å². The minimum Gasteiger partial charge on any atom is -0.384 e. The summed E-state index contributed by atoms with van der Waals surface area (Å²) in [6.07, 6.45) is 0. The molecule has 0 amide bonds. The molecule has 0 spiro atoms. The van der Waals surface area contributed by atoms with Crippen LogP contribution in [0.4, 0.5) is 5.82 Å². The second-order valence-electron chi connectivity index (χ2n) is 4.23. The van der Waals surface area contributed by atoms with Crippen LogP contribution in [0.1, 0.15) is 11.3 Å². The third-order valence-corrected chi connectivity index (χ3v) is 2.95. The zero-order chi connectivity index (χ0) is 11.3. The number of fused-ring (bicyclic) bond motifs is 3. The minimum absolute atomic E-state index is 0.575. The smallest absolute Gasteiger partial charge is 0.124 e. The quantitative estimate of drug-likeness (QED) is 0.600. The normalized spacial score (nSPS) is 11.4. The first-order valence-electron chi connectivity index (χ1n) is 5.30. The van der Waals surface area contributed by atoms with Gasteiger partial charge in [0.2, 0.25) is 0 Å². The molecular formula is C13H13N3. The van der Waals surface area contributed by atoms with Gasteiger partial charge < -0.3 is 10.7 Å². The second kappa shape index (κ2) is 2.98. The highest BCUT2D eigenvalue weighted by Gasteiger charge is 2.07. The Bertz CT molecular complexity index is 695. The number of aromatic amines is 1. The monoisotopic (exact) mass is 211 g/mol. The molecule has 2 aromatic heterocycles. The molecule has 0 saturated carbocycles. The molecule has 0 atom stereocenters. The van der Waals surface area contributed by atoms with Gasteiger partial charge in [0, 0.05) is 16.3 Å². The average molecular weight is 211 g/mol. The van der Waals surface area contributed by atoms with Gasteiger partial charge in [0.05, 0.1) is 11.2 Å². The van der Waals surface area contributed by atoms with Gasteiger partial charge in [-0.25, -0.2) is 4.98 Å². The summed E-state index contributed by atoms with van der Waals surface area (Å²) in [6.45, 7) is 4.06. The molecule has 0 aliphatic heterocycles.